The normalized spacial score (nSPS) is 11.4. The van der Waals surface area contributed by atoms with Crippen molar-refractivity contribution >= 4 is 28.7 Å². The Bertz CT molecular complexity index is 960. The molecular formula is C18H12N3O2-. The third-order valence-corrected chi connectivity index (χ3v) is 3.47. The van der Waals surface area contributed by atoms with Crippen molar-refractivity contribution in [3.8, 4) is 6.07 Å². The van der Waals surface area contributed by atoms with Crippen LogP contribution in [0.25, 0.3) is 22.7 Å². The van der Waals surface area contributed by atoms with Gasteiger partial charge in [0, 0.05) is 0 Å². The Balaban J connectivity index is 2.00. The molecule has 0 saturated carbocycles. The van der Waals surface area contributed by atoms with Gasteiger partial charge in [-0.3, -0.25) is 0 Å². The van der Waals surface area contributed by atoms with E-state index in [2.05, 4.69) is 16.0 Å². The Morgan fingerprint density at radius 3 is 2.65 bits per heavy atom. The first-order valence-corrected chi connectivity index (χ1v) is 6.97. The highest BCUT2D eigenvalue weighted by Gasteiger charge is 2.08. The maximum absolute atomic E-state index is 10.7. The molecule has 0 radical (unpaired) electrons. The van der Waals surface area contributed by atoms with Crippen LogP contribution in [0.15, 0.2) is 42.5 Å². The number of H-pyrrole nitrogens is 1. The Labute approximate surface area is 132 Å². The van der Waals surface area contributed by atoms with Crippen LogP contribution in [-0.2, 0) is 0 Å². The summed E-state index contributed by atoms with van der Waals surface area (Å²) in [6.45, 7) is 1.99. The molecule has 23 heavy (non-hydrogen) atoms. The third-order valence-electron chi connectivity index (χ3n) is 3.47. The van der Waals surface area contributed by atoms with E-state index in [-0.39, 0.29) is 5.56 Å². The van der Waals surface area contributed by atoms with Crippen LogP contribution in [0.4, 0.5) is 0 Å². The van der Waals surface area contributed by atoms with Crippen LogP contribution < -0.4 is 5.11 Å². The van der Waals surface area contributed by atoms with Gasteiger partial charge in [0.1, 0.15) is 11.9 Å². The summed E-state index contributed by atoms with van der Waals surface area (Å²) >= 11 is 0. The number of aromatic carboxylic acids is 1. The van der Waals surface area contributed by atoms with Crippen molar-refractivity contribution < 1.29 is 9.90 Å². The molecule has 0 aliphatic carbocycles. The summed E-state index contributed by atoms with van der Waals surface area (Å²) in [6.07, 6.45) is 1.66. The van der Waals surface area contributed by atoms with E-state index in [0.717, 1.165) is 16.6 Å². The van der Waals surface area contributed by atoms with Gasteiger partial charge in [0.25, 0.3) is 0 Å². The number of imidazole rings is 1. The summed E-state index contributed by atoms with van der Waals surface area (Å²) in [4.78, 5) is 18.3. The number of rotatable bonds is 3. The van der Waals surface area contributed by atoms with Crippen molar-refractivity contribution in [2.24, 2.45) is 0 Å². The second kappa shape index (κ2) is 5.78. The molecule has 0 saturated heterocycles. The number of hydrogen-bond donors (Lipinski definition) is 1. The number of nitrogens with one attached hydrogen (secondary N) is 1. The molecular weight excluding hydrogens is 290 g/mol. The molecule has 5 heteroatoms. The first kappa shape index (κ1) is 14.5. The fourth-order valence-electron chi connectivity index (χ4n) is 2.29. The molecule has 5 nitrogen and oxygen atoms in total. The van der Waals surface area contributed by atoms with Gasteiger partial charge in [0.2, 0.25) is 0 Å². The highest BCUT2D eigenvalue weighted by molar-refractivity contribution is 5.91. The second-order valence-corrected chi connectivity index (χ2v) is 5.19. The predicted octanol–water partition coefficient (Wildman–Crippen LogP) is 2.30. The molecule has 112 valence electrons. The number of hydrogen-bond acceptors (Lipinski definition) is 4. The Kier molecular flexibility index (Phi) is 3.65. The average Bonchev–Trinajstić information content (AvgIpc) is 2.95. The van der Waals surface area contributed by atoms with Crippen molar-refractivity contribution in [3.63, 3.8) is 0 Å². The zero-order valence-corrected chi connectivity index (χ0v) is 12.3. The highest BCUT2D eigenvalue weighted by Crippen LogP contribution is 2.20. The first-order chi connectivity index (χ1) is 11.1. The maximum atomic E-state index is 10.7. The van der Waals surface area contributed by atoms with Crippen LogP contribution in [0.5, 0.6) is 0 Å². The number of aryl methyl sites for hydroxylation is 1. The lowest BCUT2D eigenvalue weighted by molar-refractivity contribution is -0.255. The smallest absolute Gasteiger partial charge is 0.149 e. The van der Waals surface area contributed by atoms with Gasteiger partial charge in [-0.05, 0) is 41.8 Å². The highest BCUT2D eigenvalue weighted by atomic mass is 16.4. The van der Waals surface area contributed by atoms with E-state index in [1.165, 1.54) is 12.1 Å². The monoisotopic (exact) mass is 302 g/mol. The van der Waals surface area contributed by atoms with Crippen molar-refractivity contribution in [2.75, 3.05) is 0 Å². The largest absolute Gasteiger partial charge is 0.545 e. The molecule has 3 aromatic rings. The number of carbonyl (C=O) groups is 1. The lowest BCUT2D eigenvalue weighted by Gasteiger charge is -2.02. The van der Waals surface area contributed by atoms with E-state index in [9.17, 15) is 15.2 Å². The Morgan fingerprint density at radius 1 is 1.26 bits per heavy atom. The maximum Gasteiger partial charge on any atom is 0.149 e. The van der Waals surface area contributed by atoms with E-state index in [1.54, 1.807) is 18.2 Å². The number of nitrogens with zero attached hydrogens (tertiary/aromatic N) is 2. The molecule has 1 N–H and O–H groups in total. The molecule has 0 aliphatic rings. The molecule has 0 atom stereocenters. The SMILES string of the molecule is Cc1ccc2nc(/C(C#N)=C/c3ccc(C(=O)[O-])cc3)[nH]c2c1. The number of carboxylic acid groups (broad SMARTS) is 1. The van der Waals surface area contributed by atoms with E-state index < -0.39 is 5.97 Å². The third kappa shape index (κ3) is 2.97. The van der Waals surface area contributed by atoms with Crippen LogP contribution in [0.1, 0.15) is 27.3 Å². The van der Waals surface area contributed by atoms with Crippen LogP contribution >= 0.6 is 0 Å². The standard InChI is InChI=1S/C18H13N3O2/c1-11-2-7-15-16(8-11)21-17(20-15)14(10-19)9-12-3-5-13(6-4-12)18(22)23/h2-9H,1H3,(H,20,21)(H,22,23)/p-1/b14-9+. The minimum atomic E-state index is -1.23. The minimum Gasteiger partial charge on any atom is -0.545 e. The van der Waals surface area contributed by atoms with Gasteiger partial charge in [0.15, 0.2) is 0 Å². The molecule has 0 unspecified atom stereocenters. The average molecular weight is 302 g/mol. The van der Waals surface area contributed by atoms with Gasteiger partial charge in [-0.25, -0.2) is 4.98 Å². The number of aromatic nitrogens is 2. The quantitative estimate of drug-likeness (QED) is 0.751. The summed E-state index contributed by atoms with van der Waals surface area (Å²) in [5, 5.41) is 20.1. The number of aromatic amines is 1. The zero-order chi connectivity index (χ0) is 16.4. The summed E-state index contributed by atoms with van der Waals surface area (Å²) in [5.74, 6) is -0.745. The molecule has 2 aromatic carbocycles. The zero-order valence-electron chi connectivity index (χ0n) is 12.3. The van der Waals surface area contributed by atoms with Crippen molar-refractivity contribution in [2.45, 2.75) is 6.92 Å². The number of carboxylic acids is 1. The van der Waals surface area contributed by atoms with Crippen LogP contribution in [0, 0.1) is 18.3 Å². The Morgan fingerprint density at radius 2 is 2.00 bits per heavy atom. The van der Waals surface area contributed by atoms with E-state index in [1.807, 2.05) is 25.1 Å². The molecule has 0 spiro atoms. The Hall–Kier alpha value is -3.39. The molecule has 0 aliphatic heterocycles. The predicted molar refractivity (Wildman–Crippen MR) is 85.1 cm³/mol. The summed E-state index contributed by atoms with van der Waals surface area (Å²) in [6, 6.07) is 14.1. The fourth-order valence-corrected chi connectivity index (χ4v) is 2.29. The summed E-state index contributed by atoms with van der Waals surface area (Å²) in [5.41, 5.74) is 3.95. The lowest BCUT2D eigenvalue weighted by atomic mass is 10.1. The van der Waals surface area contributed by atoms with Crippen LogP contribution in [-0.4, -0.2) is 15.9 Å². The van der Waals surface area contributed by atoms with Gasteiger partial charge >= 0.3 is 0 Å². The van der Waals surface area contributed by atoms with E-state index >= 15 is 0 Å². The van der Waals surface area contributed by atoms with Crippen LogP contribution in [0.3, 0.4) is 0 Å². The number of fused-ring (bicyclic) bond motifs is 1. The van der Waals surface area contributed by atoms with Crippen LogP contribution in [0.2, 0.25) is 0 Å². The molecule has 0 amide bonds. The van der Waals surface area contributed by atoms with E-state index in [4.69, 9.17) is 0 Å². The first-order valence-electron chi connectivity index (χ1n) is 6.97. The molecule has 0 bridgehead atoms. The number of carbonyl (C=O) groups excluding carboxylic acids is 1. The molecule has 0 fully saturated rings. The van der Waals surface area contributed by atoms with Crippen molar-refractivity contribution in [1.82, 2.24) is 9.97 Å². The van der Waals surface area contributed by atoms with Gasteiger partial charge in [-0.1, -0.05) is 30.3 Å². The number of benzene rings is 2. The van der Waals surface area contributed by atoms with Gasteiger partial charge in [0.05, 0.1) is 22.6 Å². The minimum absolute atomic E-state index is 0.0971. The number of nitriles is 1. The molecule has 1 heterocycles. The van der Waals surface area contributed by atoms with Gasteiger partial charge in [-0.2, -0.15) is 5.26 Å². The molecule has 1 aromatic heterocycles. The fraction of sp³-hybridized carbons (Fsp3) is 0.0556. The summed E-state index contributed by atoms with van der Waals surface area (Å²) < 4.78 is 0. The van der Waals surface area contributed by atoms with Gasteiger partial charge < -0.3 is 14.9 Å². The van der Waals surface area contributed by atoms with Crippen molar-refractivity contribution in [1.29, 1.82) is 5.26 Å². The second-order valence-electron chi connectivity index (χ2n) is 5.19. The van der Waals surface area contributed by atoms with E-state index in [0.29, 0.717) is 17.0 Å². The molecule has 3 rings (SSSR count). The number of allylic oxidation sites excluding steroid dienone is 1. The van der Waals surface area contributed by atoms with Crippen molar-refractivity contribution in [3.05, 3.63) is 65.0 Å². The lowest BCUT2D eigenvalue weighted by Crippen LogP contribution is -2.21. The summed E-state index contributed by atoms with van der Waals surface area (Å²) in [7, 11) is 0. The van der Waals surface area contributed by atoms with Gasteiger partial charge in [-0.15, -0.1) is 0 Å². The topological polar surface area (TPSA) is 92.6 Å².